The molecule has 0 fully saturated rings. The summed E-state index contributed by atoms with van der Waals surface area (Å²) in [7, 11) is 14.8. The summed E-state index contributed by atoms with van der Waals surface area (Å²) in [6, 6.07) is 0. The summed E-state index contributed by atoms with van der Waals surface area (Å²) in [5.74, 6) is 0. The monoisotopic (exact) mass is 318 g/mol. The van der Waals surface area contributed by atoms with Crippen molar-refractivity contribution < 1.29 is 36.1 Å². The Kier molecular flexibility index (Phi) is 12.9. The molecule has 0 spiro atoms. The van der Waals surface area contributed by atoms with Gasteiger partial charge in [0.05, 0.1) is 0 Å². The third-order valence-electron chi connectivity index (χ3n) is 0. The molecule has 5 heteroatoms. The third-order valence-corrected chi connectivity index (χ3v) is 0. The van der Waals surface area contributed by atoms with Gasteiger partial charge in [0.1, 0.15) is 0 Å². The van der Waals surface area contributed by atoms with E-state index in [9.17, 15) is 0 Å². The molecule has 42 valence electrons. The second kappa shape index (κ2) is 6.27. The fourth-order valence-electron chi connectivity index (χ4n) is 0. The standard InChI is InChI=1S/Ag.3ClH.Pd/h;3*1H;/q;;;;+3/p-3. The van der Waals surface area contributed by atoms with Crippen LogP contribution in [-0.4, -0.2) is 0 Å². The normalized spacial score (nSPS) is 9.00. The Morgan fingerprint density at radius 2 is 1.00 bits per heavy atom. The minimum atomic E-state index is -1.57. The van der Waals surface area contributed by atoms with E-state index in [0.717, 1.165) is 0 Å². The average molecular weight is 321 g/mol. The van der Waals surface area contributed by atoms with Gasteiger partial charge in [-0.1, -0.05) is 0 Å². The van der Waals surface area contributed by atoms with E-state index in [-0.39, 0.29) is 22.4 Å². The molecule has 0 bridgehead atoms. The van der Waals surface area contributed by atoms with Gasteiger partial charge in [0.15, 0.2) is 0 Å². The molecule has 5 heavy (non-hydrogen) atoms. The van der Waals surface area contributed by atoms with Crippen molar-refractivity contribution in [2.45, 2.75) is 0 Å². The summed E-state index contributed by atoms with van der Waals surface area (Å²) in [6.07, 6.45) is 0. The molecule has 0 nitrogen and oxygen atoms in total. The van der Waals surface area contributed by atoms with Crippen LogP contribution < -0.4 is 0 Å². The molecule has 0 aliphatic carbocycles. The first kappa shape index (κ1) is 10.3. The first-order valence-corrected chi connectivity index (χ1v) is 6.36. The van der Waals surface area contributed by atoms with Crippen LogP contribution in [0.15, 0.2) is 0 Å². The Morgan fingerprint density at radius 1 is 1.00 bits per heavy atom. The zero-order valence-corrected chi connectivity index (χ0v) is 7.06. The molecule has 1 radical (unpaired) electrons. The molecule has 0 aliphatic heterocycles. The molecule has 0 N–H and O–H groups in total. The Hall–Kier alpha value is 2.27. The summed E-state index contributed by atoms with van der Waals surface area (Å²) in [6.45, 7) is 0. The van der Waals surface area contributed by atoms with Crippen LogP contribution in [0, 0.1) is 0 Å². The fourth-order valence-corrected chi connectivity index (χ4v) is 0. The maximum absolute atomic E-state index is 4.92. The van der Waals surface area contributed by atoms with E-state index in [1.165, 1.54) is 0 Å². The van der Waals surface area contributed by atoms with E-state index < -0.39 is 13.7 Å². The maximum atomic E-state index is 4.92. The molecule has 0 saturated heterocycles. The van der Waals surface area contributed by atoms with Gasteiger partial charge in [0, 0.05) is 22.4 Å². The van der Waals surface area contributed by atoms with Gasteiger partial charge in [-0.15, -0.1) is 0 Å². The van der Waals surface area contributed by atoms with Crippen LogP contribution >= 0.6 is 28.6 Å². The van der Waals surface area contributed by atoms with Gasteiger partial charge in [-0.2, -0.15) is 0 Å². The third kappa shape index (κ3) is 22.2. The molecule has 0 aromatic carbocycles. The first-order chi connectivity index (χ1) is 1.73. The predicted octanol–water partition coefficient (Wildman–Crippen LogP) is 2.06. The fraction of sp³-hybridized carbons (Fsp3) is 0. The molecular formula is AgCl3Pd. The Morgan fingerprint density at radius 3 is 1.00 bits per heavy atom. The molecule has 0 aromatic rings. The van der Waals surface area contributed by atoms with E-state index in [1.807, 2.05) is 0 Å². The molecule has 0 atom stereocenters. The van der Waals surface area contributed by atoms with Crippen molar-refractivity contribution >= 4 is 28.6 Å². The number of hydrogen-bond donors (Lipinski definition) is 0. The Balaban J connectivity index is 0. The average Bonchev–Trinajstić information content (AvgIpc) is 0.811. The van der Waals surface area contributed by atoms with Gasteiger partial charge >= 0.3 is 42.3 Å². The summed E-state index contributed by atoms with van der Waals surface area (Å²) in [4.78, 5) is 0. The van der Waals surface area contributed by atoms with Crippen molar-refractivity contribution in [2.24, 2.45) is 0 Å². The number of hydrogen-bond acceptors (Lipinski definition) is 0. The van der Waals surface area contributed by atoms with Crippen molar-refractivity contribution in [3.05, 3.63) is 0 Å². The van der Waals surface area contributed by atoms with E-state index in [4.69, 9.17) is 28.6 Å². The molecule has 0 aliphatic rings. The van der Waals surface area contributed by atoms with Crippen LogP contribution in [0.2, 0.25) is 0 Å². The van der Waals surface area contributed by atoms with Crippen LogP contribution in [0.25, 0.3) is 0 Å². The van der Waals surface area contributed by atoms with E-state index in [1.54, 1.807) is 0 Å². The van der Waals surface area contributed by atoms with Crippen LogP contribution in [0.3, 0.4) is 0 Å². The summed E-state index contributed by atoms with van der Waals surface area (Å²) in [5, 5.41) is 0. The van der Waals surface area contributed by atoms with E-state index >= 15 is 0 Å². The molecule has 0 unspecified atom stereocenters. The van der Waals surface area contributed by atoms with Gasteiger partial charge < -0.3 is 0 Å². The van der Waals surface area contributed by atoms with Crippen LogP contribution in [0.5, 0.6) is 0 Å². The molecule has 0 aromatic heterocycles. The van der Waals surface area contributed by atoms with Gasteiger partial charge in [-0.3, -0.25) is 0 Å². The molecule has 0 rings (SSSR count). The van der Waals surface area contributed by atoms with E-state index in [2.05, 4.69) is 0 Å². The van der Waals surface area contributed by atoms with Crippen molar-refractivity contribution in [2.75, 3.05) is 0 Å². The molecule has 0 saturated carbocycles. The van der Waals surface area contributed by atoms with Crippen molar-refractivity contribution in [3.8, 4) is 0 Å². The van der Waals surface area contributed by atoms with Gasteiger partial charge in [0.2, 0.25) is 0 Å². The first-order valence-electron chi connectivity index (χ1n) is 0.359. The molecular weight excluding hydrogens is 321 g/mol. The topological polar surface area (TPSA) is 0 Å². The van der Waals surface area contributed by atoms with E-state index in [0.29, 0.717) is 0 Å². The number of rotatable bonds is 0. The predicted molar refractivity (Wildman–Crippen MR) is 17.6 cm³/mol. The Labute approximate surface area is 63.9 Å². The summed E-state index contributed by atoms with van der Waals surface area (Å²) >= 11 is -1.57. The quantitative estimate of drug-likeness (QED) is 0.599. The van der Waals surface area contributed by atoms with Crippen LogP contribution in [-0.2, 0) is 36.1 Å². The van der Waals surface area contributed by atoms with Crippen molar-refractivity contribution in [1.29, 1.82) is 0 Å². The Bertz CT molecular complexity index is 11.6. The van der Waals surface area contributed by atoms with Crippen molar-refractivity contribution in [1.82, 2.24) is 0 Å². The van der Waals surface area contributed by atoms with Crippen LogP contribution in [0.1, 0.15) is 0 Å². The van der Waals surface area contributed by atoms with Gasteiger partial charge in [0.25, 0.3) is 0 Å². The summed E-state index contributed by atoms with van der Waals surface area (Å²) in [5.41, 5.74) is 0. The van der Waals surface area contributed by atoms with Gasteiger partial charge in [-0.25, -0.2) is 0 Å². The summed E-state index contributed by atoms with van der Waals surface area (Å²) < 4.78 is 0. The zero-order valence-electron chi connectivity index (χ0n) is 1.75. The SMILES string of the molecule is [Ag].[Cl][Pd]([Cl])[Cl]. The van der Waals surface area contributed by atoms with Crippen molar-refractivity contribution in [3.63, 3.8) is 0 Å². The zero-order chi connectivity index (χ0) is 3.58. The second-order valence-corrected chi connectivity index (χ2v) is 7.22. The minimum absolute atomic E-state index is 0. The number of halogens is 3. The molecule has 0 heterocycles. The molecule has 0 amide bonds. The van der Waals surface area contributed by atoms with Gasteiger partial charge in [-0.05, 0) is 0 Å². The van der Waals surface area contributed by atoms with Crippen LogP contribution in [0.4, 0.5) is 0 Å². The second-order valence-electron chi connectivity index (χ2n) is 0.136.